The smallest absolute Gasteiger partial charge is 0.112 e. The highest BCUT2D eigenvalue weighted by atomic mass is 15.1. The molecule has 3 nitrogen and oxygen atoms in total. The van der Waals surface area contributed by atoms with E-state index in [1.807, 2.05) is 6.20 Å². The average Bonchev–Trinajstić information content (AvgIpc) is 2.88. The quantitative estimate of drug-likeness (QED) is 0.623. The molecule has 0 saturated heterocycles. The molecule has 1 aromatic heterocycles. The van der Waals surface area contributed by atoms with Crippen molar-refractivity contribution >= 4 is 11.3 Å². The van der Waals surface area contributed by atoms with Gasteiger partial charge in [-0.3, -0.25) is 4.98 Å². The van der Waals surface area contributed by atoms with E-state index in [1.54, 1.807) is 0 Å². The minimum Gasteiger partial charge on any atom is -0.434 e. The summed E-state index contributed by atoms with van der Waals surface area (Å²) in [5, 5.41) is 3.32. The van der Waals surface area contributed by atoms with E-state index in [-0.39, 0.29) is 0 Å². The van der Waals surface area contributed by atoms with Gasteiger partial charge in [0.1, 0.15) is 5.69 Å². The monoisotopic (exact) mass is 201 g/mol. The minimum absolute atomic E-state index is 0.954. The predicted molar refractivity (Wildman–Crippen MR) is 59.6 cm³/mol. The van der Waals surface area contributed by atoms with Gasteiger partial charge in [0.2, 0.25) is 0 Å². The van der Waals surface area contributed by atoms with Crippen LogP contribution in [0.1, 0.15) is 11.3 Å². The van der Waals surface area contributed by atoms with Crippen LogP contribution in [-0.4, -0.2) is 24.6 Å². The van der Waals surface area contributed by atoms with Crippen molar-refractivity contribution in [1.82, 2.24) is 10.3 Å². The van der Waals surface area contributed by atoms with Crippen molar-refractivity contribution in [2.75, 3.05) is 19.6 Å². The number of fused-ring (bicyclic) bond motifs is 1. The van der Waals surface area contributed by atoms with Crippen LogP contribution in [0.3, 0.4) is 0 Å². The molecule has 78 valence electrons. The SMILES string of the molecule is [CH2-][NH+]1CCc2c1ccnc2C1=CCNC1. The first kappa shape index (κ1) is 9.07. The van der Waals surface area contributed by atoms with E-state index in [0.29, 0.717) is 0 Å². The molecule has 3 heterocycles. The van der Waals surface area contributed by atoms with Gasteiger partial charge in [0.15, 0.2) is 0 Å². The summed E-state index contributed by atoms with van der Waals surface area (Å²) in [6, 6.07) is 2.09. The van der Waals surface area contributed by atoms with Crippen LogP contribution in [0.4, 0.5) is 5.69 Å². The Morgan fingerprint density at radius 1 is 1.47 bits per heavy atom. The Balaban J connectivity index is 2.09. The molecule has 0 saturated carbocycles. The number of pyridine rings is 1. The zero-order valence-electron chi connectivity index (χ0n) is 8.71. The highest BCUT2D eigenvalue weighted by Gasteiger charge is 2.23. The first-order valence-electron chi connectivity index (χ1n) is 5.42. The molecule has 3 rings (SSSR count). The Morgan fingerprint density at radius 3 is 3.20 bits per heavy atom. The second kappa shape index (κ2) is 3.43. The molecule has 2 aliphatic heterocycles. The summed E-state index contributed by atoms with van der Waals surface area (Å²) in [5.41, 5.74) is 5.27. The fraction of sp³-hybridized carbons (Fsp3) is 0.333. The van der Waals surface area contributed by atoms with Crippen LogP contribution in [0.5, 0.6) is 0 Å². The van der Waals surface area contributed by atoms with Crippen molar-refractivity contribution in [3.05, 3.63) is 36.6 Å². The summed E-state index contributed by atoms with van der Waals surface area (Å²) >= 11 is 0. The van der Waals surface area contributed by atoms with Crippen LogP contribution in [0.25, 0.3) is 5.57 Å². The van der Waals surface area contributed by atoms with E-state index in [4.69, 9.17) is 0 Å². The Hall–Kier alpha value is -1.19. The maximum atomic E-state index is 4.52. The van der Waals surface area contributed by atoms with Crippen LogP contribution in [0, 0.1) is 7.05 Å². The van der Waals surface area contributed by atoms with Crippen LogP contribution >= 0.6 is 0 Å². The number of hydrogen-bond donors (Lipinski definition) is 2. The number of hydrogen-bond acceptors (Lipinski definition) is 2. The van der Waals surface area contributed by atoms with Gasteiger partial charge in [-0.25, -0.2) is 0 Å². The van der Waals surface area contributed by atoms with Gasteiger partial charge in [0.25, 0.3) is 0 Å². The van der Waals surface area contributed by atoms with Crippen LogP contribution in [-0.2, 0) is 6.42 Å². The second-order valence-corrected chi connectivity index (χ2v) is 4.15. The van der Waals surface area contributed by atoms with Gasteiger partial charge in [-0.2, -0.15) is 0 Å². The molecule has 0 radical (unpaired) electrons. The Bertz CT molecular complexity index is 423. The molecule has 0 aliphatic carbocycles. The number of aromatic nitrogens is 1. The third-order valence-electron chi connectivity index (χ3n) is 3.23. The predicted octanol–water partition coefficient (Wildman–Crippen LogP) is -0.0677. The van der Waals surface area contributed by atoms with Gasteiger partial charge >= 0.3 is 0 Å². The summed E-state index contributed by atoms with van der Waals surface area (Å²) in [7, 11) is 4.10. The zero-order valence-corrected chi connectivity index (χ0v) is 8.71. The summed E-state index contributed by atoms with van der Waals surface area (Å²) in [6.45, 7) is 3.02. The van der Waals surface area contributed by atoms with Crippen molar-refractivity contribution in [3.63, 3.8) is 0 Å². The largest absolute Gasteiger partial charge is 0.434 e. The Morgan fingerprint density at radius 2 is 2.40 bits per heavy atom. The molecule has 2 N–H and O–H groups in total. The Labute approximate surface area is 89.8 Å². The lowest BCUT2D eigenvalue weighted by atomic mass is 10.0. The molecule has 1 atom stereocenters. The molecule has 1 aromatic rings. The lowest BCUT2D eigenvalue weighted by Gasteiger charge is -2.13. The van der Waals surface area contributed by atoms with Crippen molar-refractivity contribution in [1.29, 1.82) is 0 Å². The fourth-order valence-corrected chi connectivity index (χ4v) is 2.42. The molecule has 1 unspecified atom stereocenters. The first-order valence-corrected chi connectivity index (χ1v) is 5.42. The zero-order chi connectivity index (χ0) is 10.3. The molecule has 0 fully saturated rings. The Kier molecular flexibility index (Phi) is 2.08. The second-order valence-electron chi connectivity index (χ2n) is 4.15. The van der Waals surface area contributed by atoms with E-state index in [2.05, 4.69) is 29.5 Å². The number of rotatable bonds is 1. The van der Waals surface area contributed by atoms with Gasteiger partial charge in [-0.1, -0.05) is 6.08 Å². The lowest BCUT2D eigenvalue weighted by molar-refractivity contribution is -0.775. The number of nitrogens with zero attached hydrogens (tertiary/aromatic N) is 1. The van der Waals surface area contributed by atoms with Crippen molar-refractivity contribution in [2.24, 2.45) is 0 Å². The minimum atomic E-state index is 0.954. The van der Waals surface area contributed by atoms with Gasteiger partial charge in [-0.05, 0) is 5.57 Å². The summed E-state index contributed by atoms with van der Waals surface area (Å²) in [4.78, 5) is 5.78. The van der Waals surface area contributed by atoms with E-state index in [0.717, 1.165) is 26.1 Å². The molecular weight excluding hydrogens is 186 g/mol. The molecule has 3 heteroatoms. The standard InChI is InChI=1S/C12H15N3/c1-15-7-4-10-11(15)3-6-14-12(10)9-2-5-13-8-9/h2-3,6,13,15H,1,4-5,7-8H2. The van der Waals surface area contributed by atoms with Crippen LogP contribution in [0.15, 0.2) is 18.3 Å². The van der Waals surface area contributed by atoms with Crippen molar-refractivity contribution in [3.8, 4) is 0 Å². The summed E-state index contributed by atoms with van der Waals surface area (Å²) in [6.07, 6.45) is 5.25. The third kappa shape index (κ3) is 1.39. The molecule has 0 spiro atoms. The fourth-order valence-electron chi connectivity index (χ4n) is 2.42. The maximum Gasteiger partial charge on any atom is 0.112 e. The molecule has 0 amide bonds. The summed E-state index contributed by atoms with van der Waals surface area (Å²) in [5.74, 6) is 0. The van der Waals surface area contributed by atoms with Crippen molar-refractivity contribution < 1.29 is 4.90 Å². The molecule has 2 aliphatic rings. The first-order chi connectivity index (χ1) is 7.36. The number of quaternary nitrogens is 1. The van der Waals surface area contributed by atoms with Gasteiger partial charge < -0.3 is 10.2 Å². The summed E-state index contributed by atoms with van der Waals surface area (Å²) < 4.78 is 0. The van der Waals surface area contributed by atoms with Gasteiger partial charge in [0.05, 0.1) is 12.2 Å². The van der Waals surface area contributed by atoms with Gasteiger partial charge in [-0.15, -0.1) is 7.05 Å². The highest BCUT2D eigenvalue weighted by Crippen LogP contribution is 2.25. The van der Waals surface area contributed by atoms with Crippen LogP contribution in [0.2, 0.25) is 0 Å². The molecule has 0 bridgehead atoms. The topological polar surface area (TPSA) is 29.4 Å². The molecular formula is C12H15N3. The normalized spacial score (nSPS) is 24.1. The number of nitrogens with one attached hydrogen (secondary N) is 2. The lowest BCUT2D eigenvalue weighted by Crippen LogP contribution is -3.00. The molecule has 0 aromatic carbocycles. The van der Waals surface area contributed by atoms with E-state index in [9.17, 15) is 0 Å². The molecule has 15 heavy (non-hydrogen) atoms. The van der Waals surface area contributed by atoms with E-state index < -0.39 is 0 Å². The third-order valence-corrected chi connectivity index (χ3v) is 3.23. The van der Waals surface area contributed by atoms with E-state index in [1.165, 1.54) is 27.4 Å². The average molecular weight is 201 g/mol. The van der Waals surface area contributed by atoms with Crippen LogP contribution < -0.4 is 10.2 Å². The van der Waals surface area contributed by atoms with Gasteiger partial charge in [0, 0.05) is 37.3 Å². The van der Waals surface area contributed by atoms with Crippen molar-refractivity contribution in [2.45, 2.75) is 6.42 Å². The highest BCUT2D eigenvalue weighted by molar-refractivity contribution is 5.71. The maximum absolute atomic E-state index is 4.52. The van der Waals surface area contributed by atoms with E-state index >= 15 is 0 Å².